The van der Waals surface area contributed by atoms with Crippen molar-refractivity contribution in [3.05, 3.63) is 29.6 Å². The fourth-order valence-electron chi connectivity index (χ4n) is 0.976. The first-order valence-corrected chi connectivity index (χ1v) is 4.92. The van der Waals surface area contributed by atoms with Crippen molar-refractivity contribution in [2.24, 2.45) is 0 Å². The maximum absolute atomic E-state index is 12.8. The van der Waals surface area contributed by atoms with Crippen molar-refractivity contribution in [2.75, 3.05) is 5.75 Å². The SMILES string of the molecule is CCSc1cc(F)cc(C(F)(F)F)c1. The summed E-state index contributed by atoms with van der Waals surface area (Å²) in [6.45, 7) is 1.79. The quantitative estimate of drug-likeness (QED) is 0.541. The number of hydrogen-bond acceptors (Lipinski definition) is 1. The smallest absolute Gasteiger partial charge is 0.207 e. The number of hydrogen-bond donors (Lipinski definition) is 0. The van der Waals surface area contributed by atoms with Gasteiger partial charge in [0.25, 0.3) is 0 Å². The first-order valence-electron chi connectivity index (χ1n) is 3.94. The lowest BCUT2D eigenvalue weighted by Crippen LogP contribution is -2.05. The Kier molecular flexibility index (Phi) is 3.42. The predicted molar refractivity (Wildman–Crippen MR) is 47.8 cm³/mol. The number of rotatable bonds is 2. The van der Waals surface area contributed by atoms with Gasteiger partial charge in [-0.2, -0.15) is 13.2 Å². The van der Waals surface area contributed by atoms with Crippen molar-refractivity contribution < 1.29 is 17.6 Å². The van der Waals surface area contributed by atoms with Crippen LogP contribution in [0.3, 0.4) is 0 Å². The van der Waals surface area contributed by atoms with Crippen molar-refractivity contribution in [3.8, 4) is 0 Å². The molecule has 0 heterocycles. The Balaban J connectivity index is 3.07. The molecule has 5 heteroatoms. The molecule has 0 spiro atoms. The van der Waals surface area contributed by atoms with Gasteiger partial charge in [0.2, 0.25) is 0 Å². The van der Waals surface area contributed by atoms with E-state index in [1.165, 1.54) is 11.8 Å². The average Bonchev–Trinajstić information content (AvgIpc) is 2.02. The van der Waals surface area contributed by atoms with E-state index in [9.17, 15) is 17.6 Å². The number of halogens is 4. The molecule has 0 saturated carbocycles. The molecule has 0 aliphatic heterocycles. The largest absolute Gasteiger partial charge is 0.416 e. The summed E-state index contributed by atoms with van der Waals surface area (Å²) in [4.78, 5) is 0.305. The van der Waals surface area contributed by atoms with Crippen molar-refractivity contribution in [1.82, 2.24) is 0 Å². The lowest BCUT2D eigenvalue weighted by atomic mass is 10.2. The maximum Gasteiger partial charge on any atom is 0.416 e. The van der Waals surface area contributed by atoms with Gasteiger partial charge in [-0.05, 0) is 24.0 Å². The molecule has 0 radical (unpaired) electrons. The molecule has 1 aromatic rings. The molecule has 14 heavy (non-hydrogen) atoms. The second-order valence-corrected chi connectivity index (χ2v) is 3.94. The van der Waals surface area contributed by atoms with Gasteiger partial charge in [-0.1, -0.05) is 6.92 Å². The number of alkyl halides is 3. The van der Waals surface area contributed by atoms with Crippen LogP contribution in [-0.4, -0.2) is 5.75 Å². The second kappa shape index (κ2) is 4.21. The standard InChI is InChI=1S/C9H8F4S/c1-2-14-8-4-6(9(11,12)13)3-7(10)5-8/h3-5H,2H2,1H3. The fourth-order valence-corrected chi connectivity index (χ4v) is 1.72. The van der Waals surface area contributed by atoms with Gasteiger partial charge in [0.1, 0.15) is 5.82 Å². The van der Waals surface area contributed by atoms with E-state index in [-0.39, 0.29) is 0 Å². The van der Waals surface area contributed by atoms with E-state index in [2.05, 4.69) is 0 Å². The van der Waals surface area contributed by atoms with E-state index in [0.29, 0.717) is 16.7 Å². The van der Waals surface area contributed by atoms with E-state index in [1.54, 1.807) is 6.92 Å². The first kappa shape index (κ1) is 11.4. The van der Waals surface area contributed by atoms with E-state index in [4.69, 9.17) is 0 Å². The molecule has 1 aromatic carbocycles. The van der Waals surface area contributed by atoms with Gasteiger partial charge in [0.05, 0.1) is 5.56 Å². The molecule has 0 N–H and O–H groups in total. The van der Waals surface area contributed by atoms with Crippen LogP contribution in [0.2, 0.25) is 0 Å². The molecular weight excluding hydrogens is 216 g/mol. The predicted octanol–water partition coefficient (Wildman–Crippen LogP) is 3.96. The van der Waals surface area contributed by atoms with E-state index < -0.39 is 17.6 Å². The van der Waals surface area contributed by atoms with Crippen LogP contribution in [0.1, 0.15) is 12.5 Å². The summed E-state index contributed by atoms with van der Waals surface area (Å²) in [6, 6.07) is 2.56. The molecule has 0 aliphatic rings. The lowest BCUT2D eigenvalue weighted by Gasteiger charge is -2.08. The Hall–Kier alpha value is -0.710. The summed E-state index contributed by atoms with van der Waals surface area (Å²) in [5.41, 5.74) is -0.937. The molecule has 0 saturated heterocycles. The third kappa shape index (κ3) is 2.90. The van der Waals surface area contributed by atoms with Crippen molar-refractivity contribution in [2.45, 2.75) is 18.0 Å². The van der Waals surface area contributed by atoms with Gasteiger partial charge in [0, 0.05) is 4.90 Å². The maximum atomic E-state index is 12.8. The summed E-state index contributed by atoms with van der Waals surface area (Å²) in [7, 11) is 0. The van der Waals surface area contributed by atoms with Crippen LogP contribution in [0.25, 0.3) is 0 Å². The second-order valence-electron chi connectivity index (χ2n) is 2.61. The molecule has 78 valence electrons. The highest BCUT2D eigenvalue weighted by Crippen LogP contribution is 2.32. The van der Waals surface area contributed by atoms with Gasteiger partial charge in [-0.3, -0.25) is 0 Å². The Labute approximate surface area is 83.3 Å². The minimum Gasteiger partial charge on any atom is -0.207 e. The number of benzene rings is 1. The van der Waals surface area contributed by atoms with E-state index >= 15 is 0 Å². The molecule has 0 atom stereocenters. The van der Waals surface area contributed by atoms with Crippen LogP contribution < -0.4 is 0 Å². The fraction of sp³-hybridized carbons (Fsp3) is 0.333. The molecule has 0 unspecified atom stereocenters. The van der Waals surface area contributed by atoms with Crippen molar-refractivity contribution in [3.63, 3.8) is 0 Å². The Morgan fingerprint density at radius 1 is 1.21 bits per heavy atom. The molecule has 0 fully saturated rings. The van der Waals surface area contributed by atoms with Crippen LogP contribution in [-0.2, 0) is 6.18 Å². The Morgan fingerprint density at radius 2 is 1.86 bits per heavy atom. The van der Waals surface area contributed by atoms with Crippen LogP contribution >= 0.6 is 11.8 Å². The summed E-state index contributed by atoms with van der Waals surface area (Å²) in [6.07, 6.45) is -4.48. The van der Waals surface area contributed by atoms with E-state index in [0.717, 1.165) is 12.1 Å². The van der Waals surface area contributed by atoms with Crippen LogP contribution in [0, 0.1) is 5.82 Å². The monoisotopic (exact) mass is 224 g/mol. The molecule has 0 aliphatic carbocycles. The Morgan fingerprint density at radius 3 is 2.36 bits per heavy atom. The van der Waals surface area contributed by atoms with Crippen molar-refractivity contribution in [1.29, 1.82) is 0 Å². The van der Waals surface area contributed by atoms with Crippen LogP contribution in [0.4, 0.5) is 17.6 Å². The third-order valence-corrected chi connectivity index (χ3v) is 2.37. The number of thioether (sulfide) groups is 1. The third-order valence-electron chi connectivity index (χ3n) is 1.51. The molecule has 0 aromatic heterocycles. The highest BCUT2D eigenvalue weighted by molar-refractivity contribution is 7.99. The first-order chi connectivity index (χ1) is 6.43. The zero-order chi connectivity index (χ0) is 10.8. The normalized spacial score (nSPS) is 11.8. The van der Waals surface area contributed by atoms with Gasteiger partial charge in [0.15, 0.2) is 0 Å². The topological polar surface area (TPSA) is 0 Å². The minimum atomic E-state index is -4.48. The van der Waals surface area contributed by atoms with Gasteiger partial charge < -0.3 is 0 Å². The molecule has 0 amide bonds. The van der Waals surface area contributed by atoms with Gasteiger partial charge in [-0.25, -0.2) is 4.39 Å². The van der Waals surface area contributed by atoms with Crippen LogP contribution in [0.5, 0.6) is 0 Å². The zero-order valence-corrected chi connectivity index (χ0v) is 8.18. The Bertz CT molecular complexity index is 319. The summed E-state index contributed by atoms with van der Waals surface area (Å²) < 4.78 is 49.4. The summed E-state index contributed by atoms with van der Waals surface area (Å²) >= 11 is 1.18. The lowest BCUT2D eigenvalue weighted by molar-refractivity contribution is -0.137. The van der Waals surface area contributed by atoms with Crippen LogP contribution in [0.15, 0.2) is 23.1 Å². The summed E-state index contributed by atoms with van der Waals surface area (Å²) in [5, 5.41) is 0. The molecule has 0 bridgehead atoms. The van der Waals surface area contributed by atoms with E-state index in [1.807, 2.05) is 0 Å². The molecular formula is C9H8F4S. The molecule has 1 rings (SSSR count). The molecule has 0 nitrogen and oxygen atoms in total. The van der Waals surface area contributed by atoms with Gasteiger partial charge in [-0.15, -0.1) is 11.8 Å². The summed E-state index contributed by atoms with van der Waals surface area (Å²) in [5.74, 6) is -0.239. The zero-order valence-electron chi connectivity index (χ0n) is 7.36. The highest BCUT2D eigenvalue weighted by atomic mass is 32.2. The average molecular weight is 224 g/mol. The highest BCUT2D eigenvalue weighted by Gasteiger charge is 2.31. The minimum absolute atomic E-state index is 0.305. The van der Waals surface area contributed by atoms with Gasteiger partial charge >= 0.3 is 6.18 Å². The van der Waals surface area contributed by atoms with Crippen molar-refractivity contribution >= 4 is 11.8 Å².